The molecular weight excluding hydrogens is 352 g/mol. The summed E-state index contributed by atoms with van der Waals surface area (Å²) in [7, 11) is 0. The molecule has 4 rings (SSSR count). The highest BCUT2D eigenvalue weighted by Gasteiger charge is 2.18. The first kappa shape index (κ1) is 17.6. The number of nitrogens with one attached hydrogen (secondary N) is 1. The Labute approximate surface area is 161 Å². The normalized spacial score (nSPS) is 11.7. The summed E-state index contributed by atoms with van der Waals surface area (Å²) in [6.07, 6.45) is 3.29. The lowest BCUT2D eigenvalue weighted by atomic mass is 10.0. The number of Topliss-reactive ketones (excluding diaryl/α,β-unsaturated/α-hetero) is 1. The molecule has 4 aromatic rings. The predicted octanol–water partition coefficient (Wildman–Crippen LogP) is 4.66. The Morgan fingerprint density at radius 1 is 1.25 bits per heavy atom. The largest absolute Gasteiger partial charge is 0.360 e. The molecule has 0 aliphatic rings. The van der Waals surface area contributed by atoms with Gasteiger partial charge in [0.05, 0.1) is 0 Å². The molecule has 1 aromatic carbocycles. The number of carbonyl (C=O) groups is 1. The number of carbonyl (C=O) groups excluding carboxylic acids is 1. The van der Waals surface area contributed by atoms with Gasteiger partial charge in [-0.3, -0.25) is 9.36 Å². The lowest BCUT2D eigenvalue weighted by molar-refractivity contribution is 0.104. The van der Waals surface area contributed by atoms with Crippen LogP contribution in [0.3, 0.4) is 0 Å². The van der Waals surface area contributed by atoms with Crippen LogP contribution in [-0.2, 0) is 0 Å². The number of nitrogens with zero attached hydrogens (tertiary/aromatic N) is 3. The summed E-state index contributed by atoms with van der Waals surface area (Å²) < 4.78 is 7.11. The fourth-order valence-corrected chi connectivity index (χ4v) is 3.45. The van der Waals surface area contributed by atoms with Crippen molar-refractivity contribution in [3.63, 3.8) is 0 Å². The smallest absolute Gasteiger partial charge is 0.205 e. The molecule has 0 bridgehead atoms. The number of aryl methyl sites for hydroxylation is 2. The van der Waals surface area contributed by atoms with E-state index in [2.05, 4.69) is 16.2 Å². The van der Waals surface area contributed by atoms with Crippen LogP contribution in [0.15, 0.2) is 52.7 Å². The Morgan fingerprint density at radius 2 is 2.04 bits per heavy atom. The quantitative estimate of drug-likeness (QED) is 0.321. The summed E-state index contributed by atoms with van der Waals surface area (Å²) in [5, 5.41) is 14.5. The number of para-hydroxylation sites is 1. The van der Waals surface area contributed by atoms with E-state index in [0.29, 0.717) is 17.1 Å². The van der Waals surface area contributed by atoms with Crippen LogP contribution >= 0.6 is 0 Å². The number of allylic oxidation sites excluding steroid dienone is 1. The van der Waals surface area contributed by atoms with Gasteiger partial charge in [0.1, 0.15) is 17.4 Å². The van der Waals surface area contributed by atoms with Crippen molar-refractivity contribution < 1.29 is 9.32 Å². The molecule has 0 unspecified atom stereocenters. The Balaban J connectivity index is 1.77. The molecule has 1 N–H and O–H groups in total. The van der Waals surface area contributed by atoms with Crippen molar-refractivity contribution in [3.05, 3.63) is 76.4 Å². The van der Waals surface area contributed by atoms with E-state index in [1.54, 1.807) is 12.3 Å². The van der Waals surface area contributed by atoms with Crippen molar-refractivity contribution in [2.75, 3.05) is 0 Å². The highest BCUT2D eigenvalue weighted by atomic mass is 16.5. The Bertz CT molecular complexity index is 1280. The number of benzene rings is 1. The number of hydrogen-bond donors (Lipinski definition) is 1. The molecule has 138 valence electrons. The van der Waals surface area contributed by atoms with Crippen LogP contribution in [0.4, 0.5) is 0 Å². The lowest BCUT2D eigenvalue weighted by Crippen LogP contribution is -2.02. The third-order valence-electron chi connectivity index (χ3n) is 4.81. The molecule has 6 nitrogen and oxygen atoms in total. The van der Waals surface area contributed by atoms with Gasteiger partial charge in [-0.05, 0) is 44.5 Å². The van der Waals surface area contributed by atoms with Gasteiger partial charge in [-0.15, -0.1) is 0 Å². The van der Waals surface area contributed by atoms with E-state index in [9.17, 15) is 10.1 Å². The Morgan fingerprint density at radius 3 is 2.75 bits per heavy atom. The number of rotatable bonds is 4. The number of H-pyrrole nitrogens is 1. The second-order valence-corrected chi connectivity index (χ2v) is 6.70. The monoisotopic (exact) mass is 370 g/mol. The fraction of sp³-hybridized carbons (Fsp3) is 0.136. The van der Waals surface area contributed by atoms with Crippen LogP contribution < -0.4 is 0 Å². The minimum Gasteiger partial charge on any atom is -0.360 e. The van der Waals surface area contributed by atoms with E-state index >= 15 is 0 Å². The molecule has 0 spiro atoms. The summed E-state index contributed by atoms with van der Waals surface area (Å²) in [5.74, 6) is 1.09. The van der Waals surface area contributed by atoms with Gasteiger partial charge >= 0.3 is 0 Å². The number of aromatic amines is 1. The number of hydrogen-bond acceptors (Lipinski definition) is 4. The van der Waals surface area contributed by atoms with Crippen LogP contribution in [0.5, 0.6) is 0 Å². The first-order valence-corrected chi connectivity index (χ1v) is 8.85. The second kappa shape index (κ2) is 6.71. The zero-order valence-corrected chi connectivity index (χ0v) is 15.8. The first-order valence-electron chi connectivity index (χ1n) is 8.85. The van der Waals surface area contributed by atoms with Crippen LogP contribution in [0.1, 0.15) is 33.1 Å². The van der Waals surface area contributed by atoms with Crippen molar-refractivity contribution in [2.45, 2.75) is 20.8 Å². The third kappa shape index (κ3) is 2.83. The van der Waals surface area contributed by atoms with Crippen LogP contribution in [0, 0.1) is 32.1 Å². The maximum Gasteiger partial charge on any atom is 0.205 e. The molecule has 0 amide bonds. The van der Waals surface area contributed by atoms with Crippen LogP contribution in [0.2, 0.25) is 0 Å². The second-order valence-electron chi connectivity index (χ2n) is 6.70. The number of nitriles is 1. The predicted molar refractivity (Wildman–Crippen MR) is 106 cm³/mol. The Hall–Kier alpha value is -3.85. The van der Waals surface area contributed by atoms with Crippen LogP contribution in [-0.4, -0.2) is 20.5 Å². The average molecular weight is 370 g/mol. The summed E-state index contributed by atoms with van der Waals surface area (Å²) in [5.41, 5.74) is 4.05. The fourth-order valence-electron chi connectivity index (χ4n) is 3.45. The Kier molecular flexibility index (Phi) is 4.21. The molecule has 28 heavy (non-hydrogen) atoms. The van der Waals surface area contributed by atoms with Crippen molar-refractivity contribution in [1.82, 2.24) is 14.7 Å². The molecule has 0 radical (unpaired) electrons. The average Bonchev–Trinajstić information content (AvgIpc) is 3.37. The van der Waals surface area contributed by atoms with Crippen molar-refractivity contribution in [1.29, 1.82) is 5.26 Å². The molecule has 6 heteroatoms. The highest BCUT2D eigenvalue weighted by molar-refractivity contribution is 6.19. The SMILES string of the molecule is Cc1cc(-n2c(C)cc(C=C(C#N)C(=O)c3c[nH]c4ccccc34)c2C)no1. The van der Waals surface area contributed by atoms with E-state index in [0.717, 1.165) is 27.9 Å². The zero-order chi connectivity index (χ0) is 19.8. The van der Waals surface area contributed by atoms with Crippen LogP contribution in [0.25, 0.3) is 22.8 Å². The van der Waals surface area contributed by atoms with Gasteiger partial charge < -0.3 is 9.51 Å². The molecule has 0 fully saturated rings. The van der Waals surface area contributed by atoms with Gasteiger partial charge in [0.2, 0.25) is 5.78 Å². The van der Waals surface area contributed by atoms with E-state index in [4.69, 9.17) is 4.52 Å². The summed E-state index contributed by atoms with van der Waals surface area (Å²) in [6.45, 7) is 5.70. The maximum absolute atomic E-state index is 13.0. The molecule has 0 aliphatic carbocycles. The third-order valence-corrected chi connectivity index (χ3v) is 4.81. The first-order chi connectivity index (χ1) is 13.5. The van der Waals surface area contributed by atoms with Gasteiger partial charge in [0.15, 0.2) is 5.82 Å². The van der Waals surface area contributed by atoms with Crippen molar-refractivity contribution in [2.24, 2.45) is 0 Å². The van der Waals surface area contributed by atoms with E-state index in [-0.39, 0.29) is 11.4 Å². The zero-order valence-electron chi connectivity index (χ0n) is 15.8. The van der Waals surface area contributed by atoms with E-state index in [1.807, 2.05) is 61.7 Å². The highest BCUT2D eigenvalue weighted by Crippen LogP contribution is 2.25. The van der Waals surface area contributed by atoms with E-state index < -0.39 is 0 Å². The van der Waals surface area contributed by atoms with Gasteiger partial charge in [0, 0.05) is 40.1 Å². The molecular formula is C22H18N4O2. The molecule has 3 heterocycles. The van der Waals surface area contributed by atoms with Gasteiger partial charge in [-0.2, -0.15) is 5.26 Å². The topological polar surface area (TPSA) is 87.6 Å². The van der Waals surface area contributed by atoms with E-state index in [1.165, 1.54) is 0 Å². The molecule has 0 saturated carbocycles. The molecule has 3 aromatic heterocycles. The molecule has 0 atom stereocenters. The molecule has 0 aliphatic heterocycles. The molecule has 0 saturated heterocycles. The van der Waals surface area contributed by atoms with Crippen molar-refractivity contribution in [3.8, 4) is 11.9 Å². The number of fused-ring (bicyclic) bond motifs is 1. The van der Waals surface area contributed by atoms with Crippen molar-refractivity contribution >= 4 is 22.8 Å². The number of aromatic nitrogens is 3. The number of ketones is 1. The van der Waals surface area contributed by atoms with Gasteiger partial charge in [0.25, 0.3) is 0 Å². The lowest BCUT2D eigenvalue weighted by Gasteiger charge is -2.04. The summed E-state index contributed by atoms with van der Waals surface area (Å²) >= 11 is 0. The summed E-state index contributed by atoms with van der Waals surface area (Å²) in [4.78, 5) is 16.1. The van der Waals surface area contributed by atoms with Gasteiger partial charge in [-0.1, -0.05) is 23.4 Å². The summed E-state index contributed by atoms with van der Waals surface area (Å²) in [6, 6.07) is 13.4. The van der Waals surface area contributed by atoms with Gasteiger partial charge in [-0.25, -0.2) is 0 Å². The minimum absolute atomic E-state index is 0.0846. The minimum atomic E-state index is -0.304. The standard InChI is InChI=1S/C22H18N4O2/c1-13-8-16(15(3)26(13)21-9-14(2)28-25-21)10-17(11-23)22(27)19-12-24-20-7-5-4-6-18(19)20/h4-10,12,24H,1-3H3. The maximum atomic E-state index is 13.0.